The van der Waals surface area contributed by atoms with Crippen LogP contribution in [-0.2, 0) is 4.79 Å². The van der Waals surface area contributed by atoms with Gasteiger partial charge in [0.05, 0.1) is 11.4 Å². The molecule has 0 aliphatic carbocycles. The molecule has 122 valence electrons. The molecule has 23 heavy (non-hydrogen) atoms. The van der Waals surface area contributed by atoms with E-state index >= 15 is 0 Å². The van der Waals surface area contributed by atoms with E-state index in [1.165, 1.54) is 0 Å². The standard InChI is InChI=1S/C19H24N2O2/c1-12(2)15-7-5-14(4)10-18(15)23-11-19(22)21-17-8-6-13(3)9-16(17)20/h5-10,12H,11,20H2,1-4H3,(H,21,22). The van der Waals surface area contributed by atoms with Crippen molar-refractivity contribution in [3.63, 3.8) is 0 Å². The Labute approximate surface area is 137 Å². The van der Waals surface area contributed by atoms with E-state index < -0.39 is 0 Å². The summed E-state index contributed by atoms with van der Waals surface area (Å²) in [6, 6.07) is 11.6. The minimum atomic E-state index is -0.225. The van der Waals surface area contributed by atoms with E-state index in [0.29, 0.717) is 17.3 Å². The van der Waals surface area contributed by atoms with Crippen LogP contribution < -0.4 is 15.8 Å². The maximum absolute atomic E-state index is 12.1. The Morgan fingerprint density at radius 2 is 1.78 bits per heavy atom. The lowest BCUT2D eigenvalue weighted by Gasteiger charge is -2.15. The number of carbonyl (C=O) groups excluding carboxylic acids is 1. The maximum Gasteiger partial charge on any atom is 0.262 e. The molecule has 3 N–H and O–H groups in total. The Bertz CT molecular complexity index is 709. The zero-order valence-electron chi connectivity index (χ0n) is 14.1. The molecule has 0 aliphatic heterocycles. The molecule has 0 atom stereocenters. The van der Waals surface area contributed by atoms with Crippen LogP contribution in [0.15, 0.2) is 36.4 Å². The number of amides is 1. The number of anilines is 2. The van der Waals surface area contributed by atoms with Gasteiger partial charge in [-0.25, -0.2) is 0 Å². The van der Waals surface area contributed by atoms with Gasteiger partial charge in [-0.2, -0.15) is 0 Å². The summed E-state index contributed by atoms with van der Waals surface area (Å²) in [6.45, 7) is 8.12. The summed E-state index contributed by atoms with van der Waals surface area (Å²) in [6.07, 6.45) is 0. The van der Waals surface area contributed by atoms with Gasteiger partial charge in [0, 0.05) is 0 Å². The molecule has 0 fully saturated rings. The lowest BCUT2D eigenvalue weighted by molar-refractivity contribution is -0.118. The first kappa shape index (κ1) is 16.9. The molecule has 2 rings (SSSR count). The van der Waals surface area contributed by atoms with E-state index in [2.05, 4.69) is 25.2 Å². The van der Waals surface area contributed by atoms with Crippen LogP contribution in [0.25, 0.3) is 0 Å². The molecule has 0 aromatic heterocycles. The zero-order chi connectivity index (χ0) is 17.0. The normalized spacial score (nSPS) is 10.7. The van der Waals surface area contributed by atoms with Gasteiger partial charge in [-0.1, -0.05) is 32.0 Å². The fourth-order valence-electron chi connectivity index (χ4n) is 2.37. The largest absolute Gasteiger partial charge is 0.483 e. The van der Waals surface area contributed by atoms with Crippen molar-refractivity contribution in [3.8, 4) is 5.75 Å². The highest BCUT2D eigenvalue weighted by molar-refractivity contribution is 5.94. The molecule has 0 bridgehead atoms. The predicted octanol–water partition coefficient (Wildman–Crippen LogP) is 4.03. The summed E-state index contributed by atoms with van der Waals surface area (Å²) in [5.74, 6) is 0.866. The van der Waals surface area contributed by atoms with Crippen molar-refractivity contribution in [1.82, 2.24) is 0 Å². The highest BCUT2D eigenvalue weighted by Gasteiger charge is 2.11. The van der Waals surface area contributed by atoms with Crippen molar-refractivity contribution >= 4 is 17.3 Å². The number of ether oxygens (including phenoxy) is 1. The average Bonchev–Trinajstić information content (AvgIpc) is 2.48. The molecule has 4 nitrogen and oxygen atoms in total. The Morgan fingerprint density at radius 1 is 1.13 bits per heavy atom. The van der Waals surface area contributed by atoms with E-state index in [4.69, 9.17) is 10.5 Å². The molecule has 0 saturated carbocycles. The Balaban J connectivity index is 2.03. The van der Waals surface area contributed by atoms with Crippen molar-refractivity contribution in [2.24, 2.45) is 0 Å². The van der Waals surface area contributed by atoms with Gasteiger partial charge in [-0.3, -0.25) is 4.79 Å². The Morgan fingerprint density at radius 3 is 2.43 bits per heavy atom. The van der Waals surface area contributed by atoms with Gasteiger partial charge < -0.3 is 15.8 Å². The van der Waals surface area contributed by atoms with E-state index in [9.17, 15) is 4.79 Å². The van der Waals surface area contributed by atoms with Crippen LogP contribution in [-0.4, -0.2) is 12.5 Å². The average molecular weight is 312 g/mol. The number of nitrogens with two attached hydrogens (primary N) is 1. The van der Waals surface area contributed by atoms with Gasteiger partial charge in [0.2, 0.25) is 0 Å². The summed E-state index contributed by atoms with van der Waals surface area (Å²) >= 11 is 0. The summed E-state index contributed by atoms with van der Waals surface area (Å²) < 4.78 is 5.72. The van der Waals surface area contributed by atoms with Gasteiger partial charge in [0.15, 0.2) is 6.61 Å². The first-order valence-corrected chi connectivity index (χ1v) is 7.76. The summed E-state index contributed by atoms with van der Waals surface area (Å²) in [7, 11) is 0. The number of rotatable bonds is 5. The number of nitrogen functional groups attached to an aromatic ring is 1. The predicted molar refractivity (Wildman–Crippen MR) is 95.0 cm³/mol. The lowest BCUT2D eigenvalue weighted by atomic mass is 10.0. The van der Waals surface area contributed by atoms with Crippen LogP contribution >= 0.6 is 0 Å². The summed E-state index contributed by atoms with van der Waals surface area (Å²) in [5.41, 5.74) is 10.3. The number of aryl methyl sites for hydroxylation is 2. The van der Waals surface area contributed by atoms with Crippen LogP contribution in [0, 0.1) is 13.8 Å². The lowest BCUT2D eigenvalue weighted by Crippen LogP contribution is -2.21. The second-order valence-electron chi connectivity index (χ2n) is 6.12. The van der Waals surface area contributed by atoms with Crippen molar-refractivity contribution in [3.05, 3.63) is 53.1 Å². The van der Waals surface area contributed by atoms with E-state index in [1.807, 2.05) is 38.1 Å². The molecule has 2 aromatic carbocycles. The quantitative estimate of drug-likeness (QED) is 0.819. The molecule has 0 spiro atoms. The fraction of sp³-hybridized carbons (Fsp3) is 0.316. The van der Waals surface area contributed by atoms with Crippen LogP contribution in [0.5, 0.6) is 5.75 Å². The molecule has 0 heterocycles. The van der Waals surface area contributed by atoms with Crippen molar-refractivity contribution in [1.29, 1.82) is 0 Å². The molecule has 0 unspecified atom stereocenters. The van der Waals surface area contributed by atoms with Crippen molar-refractivity contribution < 1.29 is 9.53 Å². The van der Waals surface area contributed by atoms with E-state index in [0.717, 1.165) is 22.4 Å². The van der Waals surface area contributed by atoms with Gasteiger partial charge >= 0.3 is 0 Å². The second kappa shape index (κ2) is 7.18. The Kier molecular flexibility index (Phi) is 5.27. The second-order valence-corrected chi connectivity index (χ2v) is 6.12. The van der Waals surface area contributed by atoms with Gasteiger partial charge in [-0.15, -0.1) is 0 Å². The summed E-state index contributed by atoms with van der Waals surface area (Å²) in [4.78, 5) is 12.1. The maximum atomic E-state index is 12.1. The Hall–Kier alpha value is -2.49. The number of hydrogen-bond donors (Lipinski definition) is 2. The molecule has 2 aromatic rings. The number of carbonyl (C=O) groups is 1. The van der Waals surface area contributed by atoms with Crippen LogP contribution in [0.3, 0.4) is 0 Å². The first-order valence-electron chi connectivity index (χ1n) is 7.76. The fourth-order valence-corrected chi connectivity index (χ4v) is 2.37. The highest BCUT2D eigenvalue weighted by atomic mass is 16.5. The molecule has 0 saturated heterocycles. The third-order valence-electron chi connectivity index (χ3n) is 3.63. The first-order chi connectivity index (χ1) is 10.9. The molecule has 0 aliphatic rings. The minimum absolute atomic E-state index is 0.0451. The smallest absolute Gasteiger partial charge is 0.262 e. The topological polar surface area (TPSA) is 64.3 Å². The third-order valence-corrected chi connectivity index (χ3v) is 3.63. The molecule has 0 radical (unpaired) electrons. The van der Waals surface area contributed by atoms with Crippen molar-refractivity contribution in [2.45, 2.75) is 33.6 Å². The molecular formula is C19H24N2O2. The number of hydrogen-bond acceptors (Lipinski definition) is 3. The SMILES string of the molecule is Cc1ccc(NC(=O)COc2cc(C)ccc2C(C)C)c(N)c1. The van der Waals surface area contributed by atoms with Crippen LogP contribution in [0.1, 0.15) is 36.5 Å². The monoisotopic (exact) mass is 312 g/mol. The number of nitrogens with one attached hydrogen (secondary N) is 1. The van der Waals surface area contributed by atoms with Gasteiger partial charge in [0.1, 0.15) is 5.75 Å². The molecule has 1 amide bonds. The van der Waals surface area contributed by atoms with Gasteiger partial charge in [-0.05, 0) is 54.7 Å². The zero-order valence-corrected chi connectivity index (χ0v) is 14.1. The minimum Gasteiger partial charge on any atom is -0.483 e. The summed E-state index contributed by atoms with van der Waals surface area (Å²) in [5, 5.41) is 2.78. The van der Waals surface area contributed by atoms with Crippen LogP contribution in [0.4, 0.5) is 11.4 Å². The third kappa shape index (κ3) is 4.49. The van der Waals surface area contributed by atoms with Crippen molar-refractivity contribution in [2.75, 3.05) is 17.7 Å². The highest BCUT2D eigenvalue weighted by Crippen LogP contribution is 2.27. The van der Waals surface area contributed by atoms with Crippen LogP contribution in [0.2, 0.25) is 0 Å². The molecular weight excluding hydrogens is 288 g/mol. The van der Waals surface area contributed by atoms with Gasteiger partial charge in [0.25, 0.3) is 5.91 Å². The van der Waals surface area contributed by atoms with E-state index in [-0.39, 0.29) is 12.5 Å². The van der Waals surface area contributed by atoms with E-state index in [1.54, 1.807) is 6.07 Å². The molecule has 4 heteroatoms. The number of benzene rings is 2.